The van der Waals surface area contributed by atoms with Crippen LogP contribution in [0, 0.1) is 5.41 Å². The zero-order valence-electron chi connectivity index (χ0n) is 11.3. The Balaban J connectivity index is 2.20. The van der Waals surface area contributed by atoms with E-state index in [2.05, 4.69) is 31.5 Å². The molecular formula is C13H18BrN3O3. The summed E-state index contributed by atoms with van der Waals surface area (Å²) in [6, 6.07) is 1.60. The van der Waals surface area contributed by atoms with Crippen molar-refractivity contribution in [3.8, 4) is 0 Å². The van der Waals surface area contributed by atoms with Crippen molar-refractivity contribution in [2.24, 2.45) is 5.41 Å². The lowest BCUT2D eigenvalue weighted by Gasteiger charge is -2.35. The Hall–Kier alpha value is -1.18. The topological polar surface area (TPSA) is 83.2 Å². The molecule has 1 aliphatic rings. The van der Waals surface area contributed by atoms with Gasteiger partial charge in [-0.05, 0) is 47.9 Å². The predicted octanol–water partition coefficient (Wildman–Crippen LogP) is 1.09. The molecule has 1 aliphatic heterocycles. The van der Waals surface area contributed by atoms with Crippen molar-refractivity contribution in [2.45, 2.75) is 12.8 Å². The van der Waals surface area contributed by atoms with Crippen LogP contribution in [0.1, 0.15) is 12.8 Å². The Kier molecular flexibility index (Phi) is 4.95. The molecule has 0 bridgehead atoms. The number of aromatic nitrogens is 1. The van der Waals surface area contributed by atoms with Crippen LogP contribution in [0.15, 0.2) is 21.5 Å². The molecule has 1 aromatic heterocycles. The number of rotatable bonds is 4. The first kappa shape index (κ1) is 15.2. The van der Waals surface area contributed by atoms with Crippen molar-refractivity contribution in [3.05, 3.63) is 27.1 Å². The van der Waals surface area contributed by atoms with Gasteiger partial charge in [-0.3, -0.25) is 9.59 Å². The largest absolute Gasteiger partial charge is 0.384 e. The molecule has 110 valence electrons. The summed E-state index contributed by atoms with van der Waals surface area (Å²) in [5, 5.41) is 5.95. The Morgan fingerprint density at radius 1 is 1.50 bits per heavy atom. The van der Waals surface area contributed by atoms with Gasteiger partial charge in [0.2, 0.25) is 5.91 Å². The Labute approximate surface area is 125 Å². The molecule has 7 heteroatoms. The molecule has 0 spiro atoms. The number of anilines is 1. The van der Waals surface area contributed by atoms with Crippen LogP contribution < -0.4 is 16.2 Å². The number of nitrogens with one attached hydrogen (secondary N) is 3. The Morgan fingerprint density at radius 2 is 2.20 bits per heavy atom. The van der Waals surface area contributed by atoms with Crippen LogP contribution in [0.25, 0.3) is 0 Å². The molecule has 0 radical (unpaired) electrons. The Bertz CT molecular complexity index is 532. The second-order valence-corrected chi connectivity index (χ2v) is 5.89. The summed E-state index contributed by atoms with van der Waals surface area (Å²) in [7, 11) is 1.59. The van der Waals surface area contributed by atoms with Crippen LogP contribution in [0.4, 0.5) is 5.69 Å². The zero-order valence-corrected chi connectivity index (χ0v) is 12.9. The van der Waals surface area contributed by atoms with E-state index < -0.39 is 5.41 Å². The highest BCUT2D eigenvalue weighted by Crippen LogP contribution is 2.30. The fourth-order valence-electron chi connectivity index (χ4n) is 2.42. The quantitative estimate of drug-likeness (QED) is 0.764. The van der Waals surface area contributed by atoms with Gasteiger partial charge in [-0.2, -0.15) is 0 Å². The Morgan fingerprint density at radius 3 is 2.85 bits per heavy atom. The number of hydrogen-bond acceptors (Lipinski definition) is 4. The lowest BCUT2D eigenvalue weighted by Crippen LogP contribution is -2.48. The highest BCUT2D eigenvalue weighted by molar-refractivity contribution is 9.10. The number of hydrogen-bond donors (Lipinski definition) is 3. The number of ether oxygens (including phenoxy) is 1. The van der Waals surface area contributed by atoms with E-state index in [1.54, 1.807) is 13.2 Å². The molecule has 3 N–H and O–H groups in total. The molecule has 2 heterocycles. The average molecular weight is 344 g/mol. The van der Waals surface area contributed by atoms with E-state index in [-0.39, 0.29) is 17.2 Å². The number of H-pyrrole nitrogens is 1. The minimum absolute atomic E-state index is 0.163. The van der Waals surface area contributed by atoms with Gasteiger partial charge < -0.3 is 20.4 Å². The standard InChI is InChI=1S/C13H18BrN3O3/c1-20-8-13(2-4-15-5-3-13)12(19)17-10-6-9(14)7-16-11(10)18/h6-7,15H,2-5,8H2,1H3,(H,16,18)(H,17,19). The summed E-state index contributed by atoms with van der Waals surface area (Å²) < 4.78 is 5.92. The third kappa shape index (κ3) is 3.28. The minimum Gasteiger partial charge on any atom is -0.384 e. The van der Waals surface area contributed by atoms with Gasteiger partial charge in [0.25, 0.3) is 5.56 Å². The number of carbonyl (C=O) groups is 1. The number of carbonyl (C=O) groups excluding carboxylic acids is 1. The molecule has 1 amide bonds. The molecule has 6 nitrogen and oxygen atoms in total. The average Bonchev–Trinajstić information content (AvgIpc) is 2.44. The van der Waals surface area contributed by atoms with Crippen molar-refractivity contribution in [3.63, 3.8) is 0 Å². The number of aromatic amines is 1. The van der Waals surface area contributed by atoms with Gasteiger partial charge in [-0.1, -0.05) is 0 Å². The molecular weight excluding hydrogens is 326 g/mol. The van der Waals surface area contributed by atoms with E-state index in [9.17, 15) is 9.59 Å². The second-order valence-electron chi connectivity index (χ2n) is 4.98. The summed E-state index contributed by atoms with van der Waals surface area (Å²) in [6.45, 7) is 1.89. The van der Waals surface area contributed by atoms with Gasteiger partial charge in [0.1, 0.15) is 5.69 Å². The highest BCUT2D eigenvalue weighted by Gasteiger charge is 2.39. The van der Waals surface area contributed by atoms with Crippen LogP contribution in [0.3, 0.4) is 0 Å². The monoisotopic (exact) mass is 343 g/mol. The van der Waals surface area contributed by atoms with E-state index in [0.29, 0.717) is 23.9 Å². The van der Waals surface area contributed by atoms with Gasteiger partial charge in [0.05, 0.1) is 12.0 Å². The number of halogens is 1. The predicted molar refractivity (Wildman–Crippen MR) is 79.8 cm³/mol. The summed E-state index contributed by atoms with van der Waals surface area (Å²) in [5.74, 6) is -0.163. The maximum Gasteiger partial charge on any atom is 0.271 e. The normalized spacial score (nSPS) is 17.7. The smallest absolute Gasteiger partial charge is 0.271 e. The second kappa shape index (κ2) is 6.51. The van der Waals surface area contributed by atoms with Gasteiger partial charge >= 0.3 is 0 Å². The van der Waals surface area contributed by atoms with Crippen molar-refractivity contribution in [1.29, 1.82) is 0 Å². The van der Waals surface area contributed by atoms with Crippen molar-refractivity contribution in [1.82, 2.24) is 10.3 Å². The van der Waals surface area contributed by atoms with E-state index in [4.69, 9.17) is 4.74 Å². The fourth-order valence-corrected chi connectivity index (χ4v) is 2.77. The van der Waals surface area contributed by atoms with Crippen molar-refractivity contribution in [2.75, 3.05) is 32.1 Å². The zero-order chi connectivity index (χ0) is 14.6. The van der Waals surface area contributed by atoms with E-state index in [1.807, 2.05) is 0 Å². The lowest BCUT2D eigenvalue weighted by atomic mass is 9.78. The van der Waals surface area contributed by atoms with E-state index >= 15 is 0 Å². The van der Waals surface area contributed by atoms with Crippen molar-refractivity contribution < 1.29 is 9.53 Å². The van der Waals surface area contributed by atoms with Gasteiger partial charge in [-0.25, -0.2) is 0 Å². The van der Waals surface area contributed by atoms with Crippen LogP contribution >= 0.6 is 15.9 Å². The molecule has 1 aromatic rings. The number of amides is 1. The first-order chi connectivity index (χ1) is 9.57. The third-order valence-electron chi connectivity index (χ3n) is 3.58. The van der Waals surface area contributed by atoms with E-state index in [1.165, 1.54) is 6.20 Å². The van der Waals surface area contributed by atoms with Crippen molar-refractivity contribution >= 4 is 27.5 Å². The minimum atomic E-state index is -0.575. The summed E-state index contributed by atoms with van der Waals surface area (Å²) in [4.78, 5) is 26.8. The molecule has 20 heavy (non-hydrogen) atoms. The van der Waals surface area contributed by atoms with Crippen LogP contribution in [-0.2, 0) is 9.53 Å². The maximum atomic E-state index is 12.6. The molecule has 0 aromatic carbocycles. The maximum absolute atomic E-state index is 12.6. The molecule has 0 unspecified atom stereocenters. The lowest BCUT2D eigenvalue weighted by molar-refractivity contribution is -0.130. The molecule has 0 saturated carbocycles. The van der Waals surface area contributed by atoms with Gasteiger partial charge in [0.15, 0.2) is 0 Å². The molecule has 1 fully saturated rings. The molecule has 0 aliphatic carbocycles. The van der Waals surface area contributed by atoms with E-state index in [0.717, 1.165) is 13.1 Å². The van der Waals surface area contributed by atoms with Crippen LogP contribution in [0.5, 0.6) is 0 Å². The van der Waals surface area contributed by atoms with Crippen LogP contribution in [0.2, 0.25) is 0 Å². The summed E-state index contributed by atoms with van der Waals surface area (Å²) in [5.41, 5.74) is -0.643. The highest BCUT2D eigenvalue weighted by atomic mass is 79.9. The number of pyridine rings is 1. The van der Waals surface area contributed by atoms with Gasteiger partial charge in [-0.15, -0.1) is 0 Å². The summed E-state index contributed by atoms with van der Waals surface area (Å²) >= 11 is 3.27. The molecule has 2 rings (SSSR count). The molecule has 1 saturated heterocycles. The van der Waals surface area contributed by atoms with Crippen LogP contribution in [-0.4, -0.2) is 37.7 Å². The van der Waals surface area contributed by atoms with Gasteiger partial charge in [0, 0.05) is 17.8 Å². The number of piperidine rings is 1. The third-order valence-corrected chi connectivity index (χ3v) is 4.04. The summed E-state index contributed by atoms with van der Waals surface area (Å²) in [6.07, 6.45) is 2.92. The number of methoxy groups -OCH3 is 1. The first-order valence-electron chi connectivity index (χ1n) is 6.47. The SMILES string of the molecule is COCC1(C(=O)Nc2cc(Br)c[nH]c2=O)CCNCC1. The fraction of sp³-hybridized carbons (Fsp3) is 0.538. The first-order valence-corrected chi connectivity index (χ1v) is 7.26. The molecule has 0 atom stereocenters.